The van der Waals surface area contributed by atoms with Gasteiger partial charge in [0, 0.05) is 62.9 Å². The molecule has 0 N–H and O–H groups in total. The first kappa shape index (κ1) is 20.3. The van der Waals surface area contributed by atoms with Gasteiger partial charge in [-0.15, -0.1) is 5.10 Å². The summed E-state index contributed by atoms with van der Waals surface area (Å²) in [6, 6.07) is 6.45. The van der Waals surface area contributed by atoms with E-state index in [2.05, 4.69) is 35.1 Å². The van der Waals surface area contributed by atoms with Crippen LogP contribution in [0.2, 0.25) is 0 Å². The highest BCUT2D eigenvalue weighted by atomic mass is 19.1. The average molecular weight is 459 g/mol. The molecule has 0 atom stereocenters. The van der Waals surface area contributed by atoms with Crippen LogP contribution in [0.3, 0.4) is 0 Å². The van der Waals surface area contributed by atoms with Crippen molar-refractivity contribution >= 4 is 17.3 Å². The van der Waals surface area contributed by atoms with Gasteiger partial charge in [-0.1, -0.05) is 12.1 Å². The number of piperazine rings is 1. The van der Waals surface area contributed by atoms with Gasteiger partial charge in [-0.25, -0.2) is 23.6 Å². The first-order valence-corrected chi connectivity index (χ1v) is 11.1. The lowest BCUT2D eigenvalue weighted by atomic mass is 10.2. The number of rotatable bonds is 5. The minimum atomic E-state index is -0.240. The van der Waals surface area contributed by atoms with Crippen LogP contribution in [0.25, 0.3) is 16.8 Å². The first-order chi connectivity index (χ1) is 16.6. The lowest BCUT2D eigenvalue weighted by molar-refractivity contribution is 0.620. The molecule has 172 valence electrons. The van der Waals surface area contributed by atoms with Crippen molar-refractivity contribution in [1.29, 1.82) is 0 Å². The molecule has 6 rings (SSSR count). The van der Waals surface area contributed by atoms with Gasteiger partial charge >= 0.3 is 0 Å². The number of benzene rings is 1. The van der Waals surface area contributed by atoms with Crippen molar-refractivity contribution in [3.8, 4) is 11.1 Å². The van der Waals surface area contributed by atoms with Crippen LogP contribution in [0.1, 0.15) is 5.56 Å². The van der Waals surface area contributed by atoms with E-state index < -0.39 is 0 Å². The monoisotopic (exact) mass is 458 g/mol. The number of anilines is 2. The van der Waals surface area contributed by atoms with Crippen molar-refractivity contribution in [2.75, 3.05) is 36.0 Å². The Morgan fingerprint density at radius 2 is 1.62 bits per heavy atom. The van der Waals surface area contributed by atoms with Crippen LogP contribution in [0.4, 0.5) is 16.0 Å². The van der Waals surface area contributed by atoms with E-state index in [9.17, 15) is 4.39 Å². The Hall–Kier alpha value is -4.28. The highest BCUT2D eigenvalue weighted by molar-refractivity contribution is 5.71. The van der Waals surface area contributed by atoms with E-state index in [1.807, 2.05) is 42.5 Å². The van der Waals surface area contributed by atoms with Crippen LogP contribution in [0.15, 0.2) is 61.6 Å². The Balaban J connectivity index is 1.12. The Labute approximate surface area is 194 Å². The summed E-state index contributed by atoms with van der Waals surface area (Å²) in [6.07, 6.45) is 11.2. The van der Waals surface area contributed by atoms with Crippen LogP contribution in [-0.4, -0.2) is 65.3 Å². The third-order valence-electron chi connectivity index (χ3n) is 6.06. The van der Waals surface area contributed by atoms with Crippen LogP contribution in [-0.2, 0) is 13.6 Å². The van der Waals surface area contributed by atoms with Crippen molar-refractivity contribution in [3.05, 3.63) is 73.0 Å². The van der Waals surface area contributed by atoms with Gasteiger partial charge in [0.25, 0.3) is 0 Å². The maximum absolute atomic E-state index is 13.1. The maximum atomic E-state index is 13.1. The minimum absolute atomic E-state index is 0.240. The van der Waals surface area contributed by atoms with E-state index in [1.54, 1.807) is 27.8 Å². The second kappa shape index (κ2) is 8.25. The predicted octanol–water partition coefficient (Wildman–Crippen LogP) is 2.24. The molecule has 5 heterocycles. The lowest BCUT2D eigenvalue weighted by Crippen LogP contribution is -2.47. The van der Waals surface area contributed by atoms with Gasteiger partial charge < -0.3 is 9.80 Å². The Kier molecular flexibility index (Phi) is 4.93. The molecule has 1 fully saturated rings. The third-order valence-corrected chi connectivity index (χ3v) is 6.06. The molecule has 0 bridgehead atoms. The molecule has 1 saturated heterocycles. The highest BCUT2D eigenvalue weighted by Gasteiger charge is 2.23. The standard InChI is InChI=1S/C23H23FN10/c1-30-14-19(11-27-30)18-10-25-22-21(12-28-34(22)15-18)31-6-8-32(9-7-31)23-26-16-33(29-23)13-17-2-4-20(24)5-3-17/h2-5,10-12,14-16H,6-9,13H2,1H3. The smallest absolute Gasteiger partial charge is 0.244 e. The van der Waals surface area contributed by atoms with Gasteiger partial charge in [0.05, 0.1) is 18.9 Å². The zero-order valence-electron chi connectivity index (χ0n) is 18.7. The van der Waals surface area contributed by atoms with Crippen molar-refractivity contribution in [2.45, 2.75) is 6.54 Å². The van der Waals surface area contributed by atoms with E-state index in [0.717, 1.165) is 54.2 Å². The number of aromatic nitrogens is 8. The SMILES string of the molecule is Cn1cc(-c2cnc3c(N4CCN(c5ncn(Cc6ccc(F)cc6)n5)CC4)cnn3c2)cn1. The van der Waals surface area contributed by atoms with E-state index in [0.29, 0.717) is 12.5 Å². The average Bonchev–Trinajstić information content (AvgIpc) is 3.60. The van der Waals surface area contributed by atoms with E-state index >= 15 is 0 Å². The van der Waals surface area contributed by atoms with E-state index in [4.69, 9.17) is 0 Å². The first-order valence-electron chi connectivity index (χ1n) is 11.1. The summed E-state index contributed by atoms with van der Waals surface area (Å²) in [5.41, 5.74) is 4.82. The number of fused-ring (bicyclic) bond motifs is 1. The van der Waals surface area contributed by atoms with Crippen molar-refractivity contribution in [1.82, 2.24) is 39.1 Å². The fourth-order valence-electron chi connectivity index (χ4n) is 4.23. The van der Waals surface area contributed by atoms with E-state index in [-0.39, 0.29) is 5.82 Å². The zero-order chi connectivity index (χ0) is 23.1. The molecule has 0 spiro atoms. The van der Waals surface area contributed by atoms with E-state index in [1.165, 1.54) is 12.1 Å². The molecule has 4 aromatic heterocycles. The van der Waals surface area contributed by atoms with Crippen LogP contribution < -0.4 is 9.80 Å². The summed E-state index contributed by atoms with van der Waals surface area (Å²) in [7, 11) is 1.90. The molecule has 0 aliphatic carbocycles. The summed E-state index contributed by atoms with van der Waals surface area (Å²) in [5, 5.41) is 13.4. The molecular formula is C23H23FN10. The molecule has 34 heavy (non-hydrogen) atoms. The molecule has 0 unspecified atom stereocenters. The molecule has 10 nitrogen and oxygen atoms in total. The predicted molar refractivity (Wildman–Crippen MR) is 125 cm³/mol. The normalized spacial score (nSPS) is 14.3. The van der Waals surface area contributed by atoms with Gasteiger partial charge in [0.15, 0.2) is 5.65 Å². The van der Waals surface area contributed by atoms with Crippen LogP contribution in [0.5, 0.6) is 0 Å². The molecule has 0 saturated carbocycles. The summed E-state index contributed by atoms with van der Waals surface area (Å²) >= 11 is 0. The summed E-state index contributed by atoms with van der Waals surface area (Å²) in [5.74, 6) is 0.470. The number of halogens is 1. The van der Waals surface area contributed by atoms with Gasteiger partial charge in [-0.05, 0) is 17.7 Å². The Morgan fingerprint density at radius 1 is 0.853 bits per heavy atom. The second-order valence-electron chi connectivity index (χ2n) is 8.39. The van der Waals surface area contributed by atoms with Gasteiger partial charge in [-0.3, -0.25) is 4.68 Å². The highest BCUT2D eigenvalue weighted by Crippen LogP contribution is 2.25. The number of nitrogens with zero attached hydrogens (tertiary/aromatic N) is 10. The van der Waals surface area contributed by atoms with Gasteiger partial charge in [0.2, 0.25) is 5.95 Å². The molecule has 1 aliphatic heterocycles. The Morgan fingerprint density at radius 3 is 2.38 bits per heavy atom. The lowest BCUT2D eigenvalue weighted by Gasteiger charge is -2.34. The largest absolute Gasteiger partial charge is 0.364 e. The number of aryl methyl sites for hydroxylation is 1. The van der Waals surface area contributed by atoms with Crippen molar-refractivity contribution in [3.63, 3.8) is 0 Å². The fraction of sp³-hybridized carbons (Fsp3) is 0.261. The second-order valence-corrected chi connectivity index (χ2v) is 8.39. The maximum Gasteiger partial charge on any atom is 0.244 e. The number of hydrogen-bond donors (Lipinski definition) is 0. The van der Waals surface area contributed by atoms with Crippen molar-refractivity contribution in [2.24, 2.45) is 7.05 Å². The van der Waals surface area contributed by atoms with Crippen LogP contribution >= 0.6 is 0 Å². The Bertz CT molecular complexity index is 1430. The molecule has 1 aliphatic rings. The molecule has 0 radical (unpaired) electrons. The minimum Gasteiger partial charge on any atom is -0.364 e. The molecule has 0 amide bonds. The quantitative estimate of drug-likeness (QED) is 0.399. The van der Waals surface area contributed by atoms with Crippen LogP contribution in [0, 0.1) is 5.82 Å². The van der Waals surface area contributed by atoms with Crippen molar-refractivity contribution < 1.29 is 4.39 Å². The fourth-order valence-corrected chi connectivity index (χ4v) is 4.23. The number of hydrogen-bond acceptors (Lipinski definition) is 7. The molecular weight excluding hydrogens is 435 g/mol. The summed E-state index contributed by atoms with van der Waals surface area (Å²) in [4.78, 5) is 13.6. The molecule has 11 heteroatoms. The molecule has 5 aromatic rings. The summed E-state index contributed by atoms with van der Waals surface area (Å²) < 4.78 is 18.5. The zero-order valence-corrected chi connectivity index (χ0v) is 18.7. The molecule has 1 aromatic carbocycles. The van der Waals surface area contributed by atoms with Gasteiger partial charge in [0.1, 0.15) is 17.8 Å². The third kappa shape index (κ3) is 3.85. The van der Waals surface area contributed by atoms with Gasteiger partial charge in [-0.2, -0.15) is 10.2 Å². The topological polar surface area (TPSA) is 85.2 Å². The summed E-state index contributed by atoms with van der Waals surface area (Å²) in [6.45, 7) is 3.79.